The van der Waals surface area contributed by atoms with Gasteiger partial charge in [0.25, 0.3) is 0 Å². The molecule has 0 aliphatic heterocycles. The second-order valence-corrected chi connectivity index (χ2v) is 9.53. The molecule has 7 nitrogen and oxygen atoms in total. The molecule has 35 heavy (non-hydrogen) atoms. The van der Waals surface area contributed by atoms with Crippen LogP contribution in [0.4, 0.5) is 0 Å². The summed E-state index contributed by atoms with van der Waals surface area (Å²) in [7, 11) is 6.06. The van der Waals surface area contributed by atoms with E-state index < -0.39 is 0 Å². The lowest BCUT2D eigenvalue weighted by atomic mass is 9.95. The van der Waals surface area contributed by atoms with Crippen molar-refractivity contribution in [2.24, 2.45) is 7.05 Å². The first-order chi connectivity index (χ1) is 17.0. The van der Waals surface area contributed by atoms with E-state index in [1.54, 1.807) is 12.4 Å². The lowest BCUT2D eigenvalue weighted by molar-refractivity contribution is 0.280. The van der Waals surface area contributed by atoms with Crippen LogP contribution in [0.5, 0.6) is 5.75 Å². The molecule has 0 saturated carbocycles. The standard InChI is InChI=1S/C28H32N6O/c1-33(2)12-5-13-35-25-17-29-28(30-18-25)23-7-4-6-20(15-23)14-22-9-8-21-10-11-26(32-27(21)22)24-16-31-34(3)19-24/h4,6-7,10-11,15-19,22H,5,8-9,12-14H2,1-3H3. The van der Waals surface area contributed by atoms with Crippen LogP contribution in [0.3, 0.4) is 0 Å². The molecule has 3 heterocycles. The second kappa shape index (κ2) is 10.4. The minimum atomic E-state index is 0.413. The van der Waals surface area contributed by atoms with Gasteiger partial charge in [0, 0.05) is 42.5 Å². The fourth-order valence-corrected chi connectivity index (χ4v) is 4.68. The summed E-state index contributed by atoms with van der Waals surface area (Å²) in [5.74, 6) is 1.84. The van der Waals surface area contributed by atoms with Gasteiger partial charge in [0.05, 0.1) is 30.9 Å². The Balaban J connectivity index is 1.27. The summed E-state index contributed by atoms with van der Waals surface area (Å²) in [5, 5.41) is 4.30. The molecule has 180 valence electrons. The summed E-state index contributed by atoms with van der Waals surface area (Å²) < 4.78 is 7.59. The van der Waals surface area contributed by atoms with Crippen molar-refractivity contribution in [2.75, 3.05) is 27.2 Å². The van der Waals surface area contributed by atoms with Crippen LogP contribution in [0.15, 0.2) is 61.2 Å². The molecule has 0 saturated heterocycles. The van der Waals surface area contributed by atoms with Crippen molar-refractivity contribution in [2.45, 2.75) is 31.6 Å². The van der Waals surface area contributed by atoms with E-state index in [0.717, 1.165) is 54.9 Å². The number of pyridine rings is 1. The Morgan fingerprint density at radius 2 is 1.91 bits per heavy atom. The van der Waals surface area contributed by atoms with E-state index in [2.05, 4.69) is 70.5 Å². The van der Waals surface area contributed by atoms with Crippen LogP contribution >= 0.6 is 0 Å². The average molecular weight is 469 g/mol. The monoisotopic (exact) mass is 468 g/mol. The Morgan fingerprint density at radius 3 is 2.69 bits per heavy atom. The second-order valence-electron chi connectivity index (χ2n) is 9.53. The van der Waals surface area contributed by atoms with E-state index in [1.165, 1.54) is 16.8 Å². The molecule has 1 aliphatic carbocycles. The van der Waals surface area contributed by atoms with Gasteiger partial charge in [0.2, 0.25) is 0 Å². The Kier molecular flexibility index (Phi) is 6.86. The number of aryl methyl sites for hydroxylation is 2. The SMILES string of the molecule is CN(C)CCCOc1cnc(-c2cccc(CC3CCc4ccc(-c5cnn(C)c5)nc43)c2)nc1. The Morgan fingerprint density at radius 1 is 1.06 bits per heavy atom. The Hall–Kier alpha value is -3.58. The van der Waals surface area contributed by atoms with E-state index in [4.69, 9.17) is 9.72 Å². The third-order valence-corrected chi connectivity index (χ3v) is 6.48. The fourth-order valence-electron chi connectivity index (χ4n) is 4.68. The zero-order valence-corrected chi connectivity index (χ0v) is 20.7. The number of hydrogen-bond donors (Lipinski definition) is 0. The summed E-state index contributed by atoms with van der Waals surface area (Å²) in [6.07, 6.45) is 11.6. The maximum absolute atomic E-state index is 5.77. The number of hydrogen-bond acceptors (Lipinski definition) is 6. The number of nitrogens with zero attached hydrogens (tertiary/aromatic N) is 6. The van der Waals surface area contributed by atoms with Crippen LogP contribution in [-0.4, -0.2) is 56.9 Å². The molecule has 0 amide bonds. The van der Waals surface area contributed by atoms with E-state index in [0.29, 0.717) is 18.3 Å². The summed E-state index contributed by atoms with van der Waals surface area (Å²) in [6.45, 7) is 1.66. The minimum absolute atomic E-state index is 0.413. The van der Waals surface area contributed by atoms with Crippen LogP contribution < -0.4 is 4.74 Å². The summed E-state index contributed by atoms with van der Waals surface area (Å²) in [5.41, 5.74) is 6.95. The molecule has 5 rings (SSSR count). The predicted molar refractivity (Wildman–Crippen MR) is 137 cm³/mol. The normalized spacial score (nSPS) is 14.9. The highest BCUT2D eigenvalue weighted by molar-refractivity contribution is 5.59. The van der Waals surface area contributed by atoms with Crippen molar-refractivity contribution in [3.8, 4) is 28.4 Å². The molecule has 0 N–H and O–H groups in total. The molecule has 3 aromatic heterocycles. The van der Waals surface area contributed by atoms with Crippen molar-refractivity contribution in [1.29, 1.82) is 0 Å². The maximum atomic E-state index is 5.77. The average Bonchev–Trinajstić information content (AvgIpc) is 3.48. The first-order valence-corrected chi connectivity index (χ1v) is 12.2. The van der Waals surface area contributed by atoms with E-state index in [9.17, 15) is 0 Å². The molecular formula is C28H32N6O. The highest BCUT2D eigenvalue weighted by atomic mass is 16.5. The topological polar surface area (TPSA) is 69.0 Å². The summed E-state index contributed by atoms with van der Waals surface area (Å²) in [4.78, 5) is 16.3. The van der Waals surface area contributed by atoms with E-state index in [-0.39, 0.29) is 0 Å². The summed E-state index contributed by atoms with van der Waals surface area (Å²) in [6, 6.07) is 12.9. The number of ether oxygens (including phenoxy) is 1. The van der Waals surface area contributed by atoms with E-state index >= 15 is 0 Å². The zero-order chi connectivity index (χ0) is 24.2. The van der Waals surface area contributed by atoms with Gasteiger partial charge >= 0.3 is 0 Å². The molecule has 1 atom stereocenters. The van der Waals surface area contributed by atoms with Crippen LogP contribution in [0, 0.1) is 0 Å². The van der Waals surface area contributed by atoms with Gasteiger partial charge in [-0.15, -0.1) is 0 Å². The third-order valence-electron chi connectivity index (χ3n) is 6.48. The molecule has 7 heteroatoms. The Labute approximate surface area is 206 Å². The summed E-state index contributed by atoms with van der Waals surface area (Å²) >= 11 is 0. The highest BCUT2D eigenvalue weighted by Crippen LogP contribution is 2.36. The molecule has 1 unspecified atom stereocenters. The van der Waals surface area contributed by atoms with Gasteiger partial charge in [-0.05, 0) is 63.0 Å². The minimum Gasteiger partial charge on any atom is -0.490 e. The predicted octanol–water partition coefficient (Wildman–Crippen LogP) is 4.54. The lowest BCUT2D eigenvalue weighted by Crippen LogP contribution is -2.15. The van der Waals surface area contributed by atoms with Crippen molar-refractivity contribution in [3.05, 3.63) is 78.0 Å². The molecule has 0 spiro atoms. The van der Waals surface area contributed by atoms with Crippen LogP contribution in [0.25, 0.3) is 22.6 Å². The highest BCUT2D eigenvalue weighted by Gasteiger charge is 2.25. The van der Waals surface area contributed by atoms with Gasteiger partial charge in [-0.2, -0.15) is 5.10 Å². The molecule has 0 fully saturated rings. The number of rotatable bonds is 9. The molecular weight excluding hydrogens is 436 g/mol. The first-order valence-electron chi connectivity index (χ1n) is 12.2. The molecule has 1 aliphatic rings. The number of benzene rings is 1. The molecule has 1 aromatic carbocycles. The van der Waals surface area contributed by atoms with Crippen molar-refractivity contribution in [3.63, 3.8) is 0 Å². The van der Waals surface area contributed by atoms with Gasteiger partial charge in [-0.1, -0.05) is 24.3 Å². The molecule has 0 bridgehead atoms. The van der Waals surface area contributed by atoms with Gasteiger partial charge in [0.1, 0.15) is 0 Å². The third kappa shape index (κ3) is 5.57. The Bertz CT molecular complexity index is 1280. The molecule has 4 aromatic rings. The fraction of sp³-hybridized carbons (Fsp3) is 0.357. The van der Waals surface area contributed by atoms with Gasteiger partial charge < -0.3 is 9.64 Å². The van der Waals surface area contributed by atoms with Gasteiger partial charge in [-0.25, -0.2) is 9.97 Å². The smallest absolute Gasteiger partial charge is 0.159 e. The van der Waals surface area contributed by atoms with E-state index in [1.807, 2.05) is 24.1 Å². The van der Waals surface area contributed by atoms with Crippen LogP contribution in [0.1, 0.15) is 35.6 Å². The number of fused-ring (bicyclic) bond motifs is 1. The quantitative estimate of drug-likeness (QED) is 0.336. The van der Waals surface area contributed by atoms with Crippen molar-refractivity contribution < 1.29 is 4.74 Å². The van der Waals surface area contributed by atoms with Crippen molar-refractivity contribution >= 4 is 0 Å². The zero-order valence-electron chi connectivity index (χ0n) is 20.7. The van der Waals surface area contributed by atoms with Crippen LogP contribution in [-0.2, 0) is 19.9 Å². The largest absolute Gasteiger partial charge is 0.490 e. The first kappa shape index (κ1) is 23.2. The lowest BCUT2D eigenvalue weighted by Gasteiger charge is -2.13. The number of aromatic nitrogens is 5. The van der Waals surface area contributed by atoms with Gasteiger partial charge in [-0.3, -0.25) is 9.67 Å². The maximum Gasteiger partial charge on any atom is 0.159 e. The van der Waals surface area contributed by atoms with Crippen LogP contribution in [0.2, 0.25) is 0 Å². The molecule has 0 radical (unpaired) electrons. The van der Waals surface area contributed by atoms with Gasteiger partial charge in [0.15, 0.2) is 11.6 Å². The van der Waals surface area contributed by atoms with Crippen molar-refractivity contribution in [1.82, 2.24) is 29.6 Å².